The molecule has 0 aliphatic carbocycles. The highest BCUT2D eigenvalue weighted by atomic mass is 35.5. The first kappa shape index (κ1) is 12.7. The highest BCUT2D eigenvalue weighted by Crippen LogP contribution is 2.29. The largest absolute Gasteiger partial charge is 0.330 e. The second kappa shape index (κ2) is 5.29. The van der Waals surface area contributed by atoms with Crippen molar-refractivity contribution < 1.29 is 4.79 Å². The van der Waals surface area contributed by atoms with Crippen LogP contribution in [0.4, 0.5) is 0 Å². The van der Waals surface area contributed by atoms with Gasteiger partial charge in [0.25, 0.3) is 5.91 Å². The first-order chi connectivity index (χ1) is 7.86. The van der Waals surface area contributed by atoms with Crippen LogP contribution in [0.2, 0.25) is 0 Å². The van der Waals surface area contributed by atoms with Crippen LogP contribution in [-0.4, -0.2) is 44.7 Å². The SMILES string of the molecule is Cl.O=C(c1cnsn1)N1C2CCNCC1CC2. The zero-order chi connectivity index (χ0) is 11.0. The van der Waals surface area contributed by atoms with Crippen molar-refractivity contribution in [1.82, 2.24) is 19.0 Å². The van der Waals surface area contributed by atoms with Gasteiger partial charge in [0.15, 0.2) is 5.69 Å². The molecule has 2 unspecified atom stereocenters. The van der Waals surface area contributed by atoms with E-state index >= 15 is 0 Å². The molecule has 1 aromatic heterocycles. The van der Waals surface area contributed by atoms with Gasteiger partial charge in [0.2, 0.25) is 0 Å². The predicted octanol–water partition coefficient (Wildman–Crippen LogP) is 0.926. The van der Waals surface area contributed by atoms with Crippen molar-refractivity contribution >= 4 is 30.0 Å². The van der Waals surface area contributed by atoms with Gasteiger partial charge in [-0.05, 0) is 25.8 Å². The van der Waals surface area contributed by atoms with Crippen molar-refractivity contribution in [1.29, 1.82) is 0 Å². The number of hydrogen-bond donors (Lipinski definition) is 1. The van der Waals surface area contributed by atoms with Gasteiger partial charge in [0.1, 0.15) is 0 Å². The summed E-state index contributed by atoms with van der Waals surface area (Å²) in [4.78, 5) is 14.3. The summed E-state index contributed by atoms with van der Waals surface area (Å²) in [5.74, 6) is 0.0601. The number of hydrogen-bond acceptors (Lipinski definition) is 5. The summed E-state index contributed by atoms with van der Waals surface area (Å²) >= 11 is 1.10. The van der Waals surface area contributed by atoms with Crippen LogP contribution in [0.3, 0.4) is 0 Å². The molecule has 0 saturated carbocycles. The summed E-state index contributed by atoms with van der Waals surface area (Å²) < 4.78 is 7.94. The van der Waals surface area contributed by atoms with E-state index in [9.17, 15) is 4.79 Å². The minimum Gasteiger partial charge on any atom is -0.330 e. The summed E-state index contributed by atoms with van der Waals surface area (Å²) in [5, 5.41) is 3.38. The standard InChI is InChI=1S/C10H14N4OS.ClH/c15-10(9-6-12-16-13-9)14-7-1-2-8(14)5-11-4-3-7;/h6-8,11H,1-5H2;1H. The monoisotopic (exact) mass is 274 g/mol. The molecule has 2 saturated heterocycles. The zero-order valence-corrected chi connectivity index (χ0v) is 11.0. The molecule has 2 aliphatic rings. The topological polar surface area (TPSA) is 58.1 Å². The van der Waals surface area contributed by atoms with Crippen molar-refractivity contribution in [2.24, 2.45) is 0 Å². The number of amides is 1. The number of carbonyl (C=O) groups excluding carboxylic acids is 1. The molecule has 1 aromatic rings. The van der Waals surface area contributed by atoms with Gasteiger partial charge >= 0.3 is 0 Å². The highest BCUT2D eigenvalue weighted by molar-refractivity contribution is 6.99. The van der Waals surface area contributed by atoms with Crippen LogP contribution < -0.4 is 5.32 Å². The molecule has 0 radical (unpaired) electrons. The van der Waals surface area contributed by atoms with Crippen molar-refractivity contribution in [2.75, 3.05) is 13.1 Å². The van der Waals surface area contributed by atoms with E-state index in [1.807, 2.05) is 4.90 Å². The van der Waals surface area contributed by atoms with Crippen LogP contribution in [0.15, 0.2) is 6.20 Å². The van der Waals surface area contributed by atoms with Gasteiger partial charge in [-0.3, -0.25) is 4.79 Å². The minimum atomic E-state index is 0. The Morgan fingerprint density at radius 1 is 1.41 bits per heavy atom. The van der Waals surface area contributed by atoms with Gasteiger partial charge in [-0.25, -0.2) is 0 Å². The third-order valence-electron chi connectivity index (χ3n) is 3.47. The molecule has 2 atom stereocenters. The molecule has 17 heavy (non-hydrogen) atoms. The quantitative estimate of drug-likeness (QED) is 0.828. The van der Waals surface area contributed by atoms with Gasteiger partial charge in [-0.15, -0.1) is 12.4 Å². The summed E-state index contributed by atoms with van der Waals surface area (Å²) in [7, 11) is 0. The molecule has 1 N–H and O–H groups in total. The lowest BCUT2D eigenvalue weighted by Crippen LogP contribution is -2.42. The Morgan fingerprint density at radius 2 is 2.24 bits per heavy atom. The summed E-state index contributed by atoms with van der Waals surface area (Å²) in [6.45, 7) is 1.93. The molecular formula is C10H15ClN4OS. The lowest BCUT2D eigenvalue weighted by atomic mass is 10.1. The number of carbonyl (C=O) groups is 1. The van der Waals surface area contributed by atoms with Crippen molar-refractivity contribution in [3.63, 3.8) is 0 Å². The number of aromatic nitrogens is 2. The Hall–Kier alpha value is -0.720. The molecule has 0 aromatic carbocycles. The van der Waals surface area contributed by atoms with Crippen LogP contribution in [-0.2, 0) is 0 Å². The van der Waals surface area contributed by atoms with Crippen LogP contribution >= 0.6 is 24.1 Å². The van der Waals surface area contributed by atoms with Gasteiger partial charge < -0.3 is 10.2 Å². The normalized spacial score (nSPS) is 27.4. The molecule has 94 valence electrons. The van der Waals surface area contributed by atoms with Gasteiger partial charge in [0, 0.05) is 18.6 Å². The minimum absolute atomic E-state index is 0. The zero-order valence-electron chi connectivity index (χ0n) is 9.33. The van der Waals surface area contributed by atoms with Gasteiger partial charge in [-0.1, -0.05) is 0 Å². The number of halogens is 1. The third-order valence-corrected chi connectivity index (χ3v) is 3.95. The van der Waals surface area contributed by atoms with E-state index in [0.717, 1.165) is 44.1 Å². The lowest BCUT2D eigenvalue weighted by Gasteiger charge is -2.26. The first-order valence-corrected chi connectivity index (χ1v) is 6.40. The molecule has 3 rings (SSSR count). The number of nitrogens with one attached hydrogen (secondary N) is 1. The Bertz CT molecular complexity index is 372. The third kappa shape index (κ3) is 2.29. The Morgan fingerprint density at radius 3 is 3.00 bits per heavy atom. The Kier molecular flexibility index (Phi) is 3.96. The van der Waals surface area contributed by atoms with Crippen molar-refractivity contribution in [3.05, 3.63) is 11.9 Å². The molecule has 3 heterocycles. The molecular weight excluding hydrogens is 260 g/mol. The average molecular weight is 275 g/mol. The number of fused-ring (bicyclic) bond motifs is 2. The summed E-state index contributed by atoms with van der Waals surface area (Å²) in [6.07, 6.45) is 4.88. The molecule has 5 nitrogen and oxygen atoms in total. The Labute approximate surface area is 110 Å². The Balaban J connectivity index is 0.00000108. The van der Waals surface area contributed by atoms with E-state index in [4.69, 9.17) is 0 Å². The average Bonchev–Trinajstić information content (AvgIpc) is 2.84. The van der Waals surface area contributed by atoms with Crippen molar-refractivity contribution in [3.8, 4) is 0 Å². The van der Waals surface area contributed by atoms with Crippen molar-refractivity contribution in [2.45, 2.75) is 31.3 Å². The van der Waals surface area contributed by atoms with Crippen LogP contribution in [0.25, 0.3) is 0 Å². The second-order valence-electron chi connectivity index (χ2n) is 4.38. The molecule has 0 spiro atoms. The van der Waals surface area contributed by atoms with Crippen LogP contribution in [0.5, 0.6) is 0 Å². The fourth-order valence-electron chi connectivity index (χ4n) is 2.71. The van der Waals surface area contributed by atoms with E-state index < -0.39 is 0 Å². The summed E-state index contributed by atoms with van der Waals surface area (Å²) in [5.41, 5.74) is 0.504. The predicted molar refractivity (Wildman–Crippen MR) is 67.6 cm³/mol. The van der Waals surface area contributed by atoms with Gasteiger partial charge in [0.05, 0.1) is 17.9 Å². The number of nitrogens with zero attached hydrogens (tertiary/aromatic N) is 3. The highest BCUT2D eigenvalue weighted by Gasteiger charge is 2.38. The van der Waals surface area contributed by atoms with Crippen LogP contribution in [0.1, 0.15) is 29.8 Å². The molecule has 2 fully saturated rings. The van der Waals surface area contributed by atoms with E-state index in [1.54, 1.807) is 6.20 Å². The maximum atomic E-state index is 12.3. The van der Waals surface area contributed by atoms with E-state index in [2.05, 4.69) is 14.1 Å². The number of rotatable bonds is 1. The fourth-order valence-corrected chi connectivity index (χ4v) is 3.11. The maximum Gasteiger partial charge on any atom is 0.275 e. The van der Waals surface area contributed by atoms with Gasteiger partial charge in [-0.2, -0.15) is 8.75 Å². The molecule has 2 aliphatic heterocycles. The fraction of sp³-hybridized carbons (Fsp3) is 0.700. The van der Waals surface area contributed by atoms with Crippen LogP contribution in [0, 0.1) is 0 Å². The van der Waals surface area contributed by atoms with E-state index in [0.29, 0.717) is 17.8 Å². The molecule has 2 bridgehead atoms. The smallest absolute Gasteiger partial charge is 0.275 e. The lowest BCUT2D eigenvalue weighted by molar-refractivity contribution is 0.0675. The van der Waals surface area contributed by atoms with E-state index in [1.165, 1.54) is 0 Å². The molecule has 1 amide bonds. The first-order valence-electron chi connectivity index (χ1n) is 5.67. The second-order valence-corrected chi connectivity index (χ2v) is 4.94. The van der Waals surface area contributed by atoms with E-state index in [-0.39, 0.29) is 18.3 Å². The maximum absolute atomic E-state index is 12.3. The summed E-state index contributed by atoms with van der Waals surface area (Å²) in [6, 6.07) is 0.746. The molecule has 7 heteroatoms.